The number of H-pyrrole nitrogens is 1. The first-order valence-electron chi connectivity index (χ1n) is 15.6. The summed E-state index contributed by atoms with van der Waals surface area (Å²) < 4.78 is 12.3. The zero-order chi connectivity index (χ0) is 33.5. The maximum absolute atomic E-state index is 14.0. The number of hydrogen-bond donors (Lipinski definition) is 1. The summed E-state index contributed by atoms with van der Waals surface area (Å²) in [4.78, 5) is 35.0. The van der Waals surface area contributed by atoms with Crippen molar-refractivity contribution in [2.45, 2.75) is 26.4 Å². The molecule has 0 atom stereocenters. The van der Waals surface area contributed by atoms with Crippen LogP contribution in [0.15, 0.2) is 120 Å². The third-order valence-electron chi connectivity index (χ3n) is 7.79. The number of nitro groups is 1. The van der Waals surface area contributed by atoms with Crippen LogP contribution in [-0.2, 0) is 24.2 Å². The molecule has 1 N–H and O–H groups in total. The van der Waals surface area contributed by atoms with E-state index in [1.54, 1.807) is 17.0 Å². The van der Waals surface area contributed by atoms with Crippen molar-refractivity contribution in [1.29, 1.82) is 0 Å². The first kappa shape index (κ1) is 32.3. The molecule has 5 aromatic rings. The van der Waals surface area contributed by atoms with Crippen LogP contribution in [-0.4, -0.2) is 39.0 Å². The van der Waals surface area contributed by atoms with Crippen molar-refractivity contribution >= 4 is 51.2 Å². The largest absolute Gasteiger partial charge is 0.490 e. The summed E-state index contributed by atoms with van der Waals surface area (Å²) in [5.74, 6) is 1.06. The zero-order valence-corrected chi connectivity index (χ0v) is 27.2. The Hall–Kier alpha value is -5.61. The molecule has 0 aliphatic carbocycles. The van der Waals surface area contributed by atoms with Gasteiger partial charge < -0.3 is 14.5 Å². The number of benzene rings is 4. The number of allylic oxidation sites excluding steroid dienone is 1. The van der Waals surface area contributed by atoms with Gasteiger partial charge in [-0.1, -0.05) is 54.6 Å². The van der Waals surface area contributed by atoms with E-state index in [1.807, 2.05) is 85.9 Å². The number of carbonyl (C=O) groups is 1. The lowest BCUT2D eigenvalue weighted by Crippen LogP contribution is -2.31. The molecule has 0 radical (unpaired) electrons. The molecular weight excluding hydrogens is 625 g/mol. The Bertz CT molecular complexity index is 2020. The number of ether oxygens (including phenoxy) is 2. The van der Waals surface area contributed by atoms with Gasteiger partial charge in [0.1, 0.15) is 6.61 Å². The highest BCUT2D eigenvalue weighted by Crippen LogP contribution is 2.39. The molecule has 0 spiro atoms. The highest BCUT2D eigenvalue weighted by molar-refractivity contribution is 8.18. The minimum Gasteiger partial charge on any atom is -0.490 e. The first-order chi connectivity index (χ1) is 23.4. The second-order valence-corrected chi connectivity index (χ2v) is 12.1. The second kappa shape index (κ2) is 14.9. The molecular formula is C38H34N4O5S. The maximum atomic E-state index is 14.0. The van der Waals surface area contributed by atoms with Gasteiger partial charge in [0.25, 0.3) is 11.6 Å². The number of para-hydroxylation sites is 1. The Morgan fingerprint density at radius 3 is 2.52 bits per heavy atom. The van der Waals surface area contributed by atoms with E-state index < -0.39 is 4.92 Å². The number of nitrogens with zero attached hydrogens (tertiary/aromatic N) is 3. The number of amides is 1. The zero-order valence-electron chi connectivity index (χ0n) is 26.4. The summed E-state index contributed by atoms with van der Waals surface area (Å²) >= 11 is 1.27. The first-order valence-corrected chi connectivity index (χ1v) is 16.4. The Labute approximate surface area is 282 Å². The Morgan fingerprint density at radius 2 is 1.77 bits per heavy atom. The molecule has 1 amide bonds. The van der Waals surface area contributed by atoms with Gasteiger partial charge in [0, 0.05) is 41.3 Å². The molecule has 10 heteroatoms. The molecule has 6 rings (SSSR count). The Kier molecular flexibility index (Phi) is 10.0. The van der Waals surface area contributed by atoms with Crippen LogP contribution >= 0.6 is 11.8 Å². The molecule has 0 saturated carbocycles. The van der Waals surface area contributed by atoms with Crippen molar-refractivity contribution in [3.63, 3.8) is 0 Å². The fourth-order valence-electron chi connectivity index (χ4n) is 5.50. The summed E-state index contributed by atoms with van der Waals surface area (Å²) in [5.41, 5.74) is 5.33. The number of nitro benzene ring substituents is 1. The van der Waals surface area contributed by atoms with E-state index in [0.717, 1.165) is 33.2 Å². The third kappa shape index (κ3) is 7.34. The number of aromatic amines is 1. The van der Waals surface area contributed by atoms with Gasteiger partial charge in [-0.2, -0.15) is 0 Å². The standard InChI is InChI=1S/C38H34N4O5S/c1-3-10-28-21-27(22-34(46-4-2)36(28)47-25-26-11-6-5-7-12-26)23-35-37(43)41(20-19-29-24-39-33-14-9-8-13-32(29)33)38(48-35)40-30-15-17-31(18-16-30)42(44)45/h3,5-9,11-18,21-24,39H,1,4,10,19-20,25H2,2H3/b35-23-,40-38?. The van der Waals surface area contributed by atoms with E-state index in [-0.39, 0.29) is 11.6 Å². The van der Waals surface area contributed by atoms with Gasteiger partial charge in [-0.05, 0) is 84.6 Å². The lowest BCUT2D eigenvalue weighted by atomic mass is 10.0. The van der Waals surface area contributed by atoms with Crippen LogP contribution in [0.1, 0.15) is 29.2 Å². The van der Waals surface area contributed by atoms with E-state index in [4.69, 9.17) is 14.5 Å². The van der Waals surface area contributed by atoms with E-state index >= 15 is 0 Å². The van der Waals surface area contributed by atoms with Crippen LogP contribution in [0.3, 0.4) is 0 Å². The van der Waals surface area contributed by atoms with E-state index in [2.05, 4.69) is 17.6 Å². The highest BCUT2D eigenvalue weighted by Gasteiger charge is 2.33. The molecule has 0 bridgehead atoms. The lowest BCUT2D eigenvalue weighted by Gasteiger charge is -2.17. The molecule has 48 heavy (non-hydrogen) atoms. The average molecular weight is 659 g/mol. The van der Waals surface area contributed by atoms with Gasteiger partial charge >= 0.3 is 0 Å². The van der Waals surface area contributed by atoms with Crippen molar-refractivity contribution in [1.82, 2.24) is 9.88 Å². The molecule has 1 aromatic heterocycles. The second-order valence-electron chi connectivity index (χ2n) is 11.1. The van der Waals surface area contributed by atoms with E-state index in [9.17, 15) is 14.9 Å². The number of rotatable bonds is 13. The molecule has 242 valence electrons. The van der Waals surface area contributed by atoms with Gasteiger partial charge in [-0.15, -0.1) is 6.58 Å². The molecule has 4 aromatic carbocycles. The molecule has 1 aliphatic heterocycles. The summed E-state index contributed by atoms with van der Waals surface area (Å²) in [6.45, 7) is 7.08. The number of non-ortho nitro benzene ring substituents is 1. The predicted octanol–water partition coefficient (Wildman–Crippen LogP) is 8.63. The third-order valence-corrected chi connectivity index (χ3v) is 8.80. The minimum atomic E-state index is -0.450. The monoisotopic (exact) mass is 658 g/mol. The lowest BCUT2D eigenvalue weighted by molar-refractivity contribution is -0.384. The van der Waals surface area contributed by atoms with Crippen molar-refractivity contribution in [2.24, 2.45) is 4.99 Å². The van der Waals surface area contributed by atoms with Crippen molar-refractivity contribution in [3.8, 4) is 11.5 Å². The number of fused-ring (bicyclic) bond motifs is 1. The predicted molar refractivity (Wildman–Crippen MR) is 192 cm³/mol. The summed E-state index contributed by atoms with van der Waals surface area (Å²) in [5, 5.41) is 12.8. The highest BCUT2D eigenvalue weighted by atomic mass is 32.2. The van der Waals surface area contributed by atoms with Gasteiger partial charge in [0.05, 0.1) is 22.1 Å². The molecule has 1 aliphatic rings. The molecule has 0 unspecified atom stereocenters. The summed E-state index contributed by atoms with van der Waals surface area (Å²) in [6.07, 6.45) is 6.79. The number of hydrogen-bond acceptors (Lipinski definition) is 7. The van der Waals surface area contributed by atoms with Crippen LogP contribution < -0.4 is 9.47 Å². The van der Waals surface area contributed by atoms with E-state index in [0.29, 0.717) is 59.9 Å². The Balaban J connectivity index is 1.33. The smallest absolute Gasteiger partial charge is 0.269 e. The number of carbonyl (C=O) groups excluding carboxylic acids is 1. The maximum Gasteiger partial charge on any atom is 0.269 e. The normalized spacial score (nSPS) is 14.6. The number of thioether (sulfide) groups is 1. The molecule has 2 heterocycles. The number of aliphatic imine (C=N–C) groups is 1. The average Bonchev–Trinajstić information content (AvgIpc) is 3.64. The van der Waals surface area contributed by atoms with Gasteiger partial charge in [-0.3, -0.25) is 19.8 Å². The van der Waals surface area contributed by atoms with Crippen molar-refractivity contribution in [2.75, 3.05) is 13.2 Å². The topological polar surface area (TPSA) is 110 Å². The summed E-state index contributed by atoms with van der Waals surface area (Å²) in [6, 6.07) is 27.9. The molecule has 1 fully saturated rings. The fourth-order valence-corrected chi connectivity index (χ4v) is 6.52. The number of nitrogens with one attached hydrogen (secondary N) is 1. The Morgan fingerprint density at radius 1 is 1.00 bits per heavy atom. The number of aromatic nitrogens is 1. The van der Waals surface area contributed by atoms with Crippen LogP contribution in [0.4, 0.5) is 11.4 Å². The van der Waals surface area contributed by atoms with Crippen LogP contribution in [0, 0.1) is 10.1 Å². The minimum absolute atomic E-state index is 0.0255. The van der Waals surface area contributed by atoms with Crippen LogP contribution in [0.5, 0.6) is 11.5 Å². The molecule has 9 nitrogen and oxygen atoms in total. The van der Waals surface area contributed by atoms with Gasteiger partial charge in [-0.25, -0.2) is 4.99 Å². The quantitative estimate of drug-likeness (QED) is 0.0587. The van der Waals surface area contributed by atoms with Gasteiger partial charge in [0.15, 0.2) is 16.7 Å². The van der Waals surface area contributed by atoms with E-state index in [1.165, 1.54) is 23.9 Å². The van der Waals surface area contributed by atoms with Crippen LogP contribution in [0.25, 0.3) is 17.0 Å². The summed E-state index contributed by atoms with van der Waals surface area (Å²) in [7, 11) is 0. The van der Waals surface area contributed by atoms with Crippen molar-refractivity contribution in [3.05, 3.63) is 147 Å². The van der Waals surface area contributed by atoms with Gasteiger partial charge in [0.2, 0.25) is 0 Å². The fraction of sp³-hybridized carbons (Fsp3) is 0.158. The SMILES string of the molecule is C=CCc1cc(/C=C2\SC(=Nc3ccc([N+](=O)[O-])cc3)N(CCc3c[nH]c4ccccc34)C2=O)cc(OCC)c1OCc1ccccc1. The molecule has 1 saturated heterocycles. The van der Waals surface area contributed by atoms with Crippen LogP contribution in [0.2, 0.25) is 0 Å². The van der Waals surface area contributed by atoms with Crippen molar-refractivity contribution < 1.29 is 19.2 Å². The number of amidine groups is 1.